The van der Waals surface area contributed by atoms with Crippen LogP contribution in [0.1, 0.15) is 12.5 Å². The van der Waals surface area contributed by atoms with Crippen LogP contribution in [-0.4, -0.2) is 34.9 Å². The van der Waals surface area contributed by atoms with Crippen LogP contribution in [0.5, 0.6) is 0 Å². The first-order valence-electron chi connectivity index (χ1n) is 5.92. The highest BCUT2D eigenvalue weighted by Crippen LogP contribution is 2.25. The van der Waals surface area contributed by atoms with Crippen molar-refractivity contribution in [3.63, 3.8) is 0 Å². The van der Waals surface area contributed by atoms with E-state index in [0.717, 1.165) is 17.9 Å². The first-order chi connectivity index (χ1) is 8.99. The lowest BCUT2D eigenvalue weighted by Gasteiger charge is -2.24. The van der Waals surface area contributed by atoms with Gasteiger partial charge in [-0.25, -0.2) is 0 Å². The number of nitrogens with zero attached hydrogens (tertiary/aromatic N) is 2. The van der Waals surface area contributed by atoms with Gasteiger partial charge in [-0.3, -0.25) is 20.9 Å². The van der Waals surface area contributed by atoms with Gasteiger partial charge in [-0.1, -0.05) is 6.07 Å². The van der Waals surface area contributed by atoms with Crippen LogP contribution in [0.2, 0.25) is 0 Å². The smallest absolute Gasteiger partial charge is 0.293 e. The Hall–Kier alpha value is -1.31. The Morgan fingerprint density at radius 1 is 1.58 bits per heavy atom. The van der Waals surface area contributed by atoms with Gasteiger partial charge in [-0.05, 0) is 31.9 Å². The van der Waals surface area contributed by atoms with Crippen molar-refractivity contribution in [2.75, 3.05) is 24.5 Å². The van der Waals surface area contributed by atoms with Crippen LogP contribution in [-0.2, 0) is 6.54 Å². The number of nitrogen functional groups attached to an aromatic ring is 1. The monoisotopic (exact) mass is 284 g/mol. The fourth-order valence-corrected chi connectivity index (χ4v) is 2.51. The molecule has 1 aromatic carbocycles. The van der Waals surface area contributed by atoms with E-state index in [1.165, 1.54) is 6.07 Å². The average molecular weight is 284 g/mol. The molecule has 1 unspecified atom stereocenters. The highest BCUT2D eigenvalue weighted by Gasteiger charge is 2.15. The Balaban J connectivity index is 2.82. The van der Waals surface area contributed by atoms with Gasteiger partial charge >= 0.3 is 0 Å². The van der Waals surface area contributed by atoms with E-state index < -0.39 is 4.92 Å². The summed E-state index contributed by atoms with van der Waals surface area (Å²) in [4.78, 5) is 12.6. The molecule has 0 radical (unpaired) electrons. The summed E-state index contributed by atoms with van der Waals surface area (Å²) in [6, 6.07) is 5.42. The number of hydrazine groups is 1. The van der Waals surface area contributed by atoms with Gasteiger partial charge in [0.25, 0.3) is 5.69 Å². The molecule has 0 spiro atoms. The van der Waals surface area contributed by atoms with E-state index in [-0.39, 0.29) is 5.69 Å². The summed E-state index contributed by atoms with van der Waals surface area (Å²) < 4.78 is 0. The Labute approximate surface area is 117 Å². The molecular formula is C12H20N4O2S. The fourth-order valence-electron chi connectivity index (χ4n) is 1.77. The molecule has 3 N–H and O–H groups in total. The van der Waals surface area contributed by atoms with E-state index in [9.17, 15) is 10.1 Å². The molecule has 0 bridgehead atoms. The summed E-state index contributed by atoms with van der Waals surface area (Å²) in [6.07, 6.45) is 2.08. The number of nitrogens with two attached hydrogens (primary N) is 1. The fraction of sp³-hybridized carbons (Fsp3) is 0.500. The van der Waals surface area contributed by atoms with Gasteiger partial charge in [0.2, 0.25) is 0 Å². The number of nitro benzene ring substituents is 1. The third-order valence-corrected chi connectivity index (χ3v) is 3.82. The number of hydrogen-bond acceptors (Lipinski definition) is 6. The molecule has 0 fully saturated rings. The SMILES string of the molecule is CSCC(C)N(C)Cc1ccc([N+](=O)[O-])c(NN)c1. The van der Waals surface area contributed by atoms with Crippen LogP contribution in [0.15, 0.2) is 18.2 Å². The summed E-state index contributed by atoms with van der Waals surface area (Å²) in [5.74, 6) is 6.37. The van der Waals surface area contributed by atoms with E-state index in [4.69, 9.17) is 5.84 Å². The average Bonchev–Trinajstić information content (AvgIpc) is 2.38. The third kappa shape index (κ3) is 4.38. The molecule has 6 nitrogen and oxygen atoms in total. The minimum atomic E-state index is -0.445. The van der Waals surface area contributed by atoms with Crippen LogP contribution in [0.25, 0.3) is 0 Å². The molecule has 0 aromatic heterocycles. The maximum Gasteiger partial charge on any atom is 0.293 e. The Morgan fingerprint density at radius 2 is 2.26 bits per heavy atom. The topological polar surface area (TPSA) is 84.4 Å². The van der Waals surface area contributed by atoms with E-state index in [0.29, 0.717) is 11.7 Å². The molecule has 1 atom stereocenters. The lowest BCUT2D eigenvalue weighted by atomic mass is 10.1. The molecule has 1 rings (SSSR count). The van der Waals surface area contributed by atoms with Gasteiger partial charge in [0.1, 0.15) is 5.69 Å². The molecule has 0 saturated heterocycles. The van der Waals surface area contributed by atoms with Crippen molar-refractivity contribution >= 4 is 23.1 Å². The maximum atomic E-state index is 10.8. The summed E-state index contributed by atoms with van der Waals surface area (Å²) in [5.41, 5.74) is 3.71. The van der Waals surface area contributed by atoms with E-state index in [1.807, 2.05) is 7.05 Å². The molecular weight excluding hydrogens is 264 g/mol. The van der Waals surface area contributed by atoms with Crippen molar-refractivity contribution in [1.29, 1.82) is 0 Å². The van der Waals surface area contributed by atoms with Crippen LogP contribution < -0.4 is 11.3 Å². The van der Waals surface area contributed by atoms with Crippen LogP contribution in [0.3, 0.4) is 0 Å². The Kier molecular flexibility index (Phi) is 6.07. The first kappa shape index (κ1) is 15.7. The number of thioether (sulfide) groups is 1. The molecule has 0 amide bonds. The van der Waals surface area contributed by atoms with Gasteiger partial charge in [-0.2, -0.15) is 11.8 Å². The molecule has 0 saturated carbocycles. The van der Waals surface area contributed by atoms with Crippen molar-refractivity contribution in [3.05, 3.63) is 33.9 Å². The lowest BCUT2D eigenvalue weighted by Crippen LogP contribution is -2.30. The zero-order chi connectivity index (χ0) is 14.4. The quantitative estimate of drug-likeness (QED) is 0.453. The number of nitro groups is 1. The second kappa shape index (κ2) is 7.32. The number of anilines is 1. The summed E-state index contributed by atoms with van der Waals surface area (Å²) >= 11 is 1.80. The van der Waals surface area contributed by atoms with Crippen LogP contribution in [0, 0.1) is 10.1 Å². The molecule has 106 valence electrons. The van der Waals surface area contributed by atoms with Crippen molar-refractivity contribution < 1.29 is 4.92 Å². The van der Waals surface area contributed by atoms with Crippen LogP contribution >= 0.6 is 11.8 Å². The number of rotatable bonds is 7. The van der Waals surface area contributed by atoms with Crippen molar-refractivity contribution in [2.45, 2.75) is 19.5 Å². The van der Waals surface area contributed by atoms with E-state index in [2.05, 4.69) is 23.5 Å². The molecule has 0 heterocycles. The standard InChI is InChI=1S/C12H20N4O2S/c1-9(8-19-3)15(2)7-10-4-5-12(16(17)18)11(6-10)14-13/h4-6,9,14H,7-8,13H2,1-3H3. The van der Waals surface area contributed by atoms with Gasteiger partial charge in [-0.15, -0.1) is 0 Å². The molecule has 0 aliphatic carbocycles. The van der Waals surface area contributed by atoms with Crippen molar-refractivity contribution in [3.8, 4) is 0 Å². The normalized spacial score (nSPS) is 12.5. The van der Waals surface area contributed by atoms with E-state index >= 15 is 0 Å². The zero-order valence-corrected chi connectivity index (χ0v) is 12.2. The summed E-state index contributed by atoms with van der Waals surface area (Å²) in [7, 11) is 2.04. The number of benzene rings is 1. The highest BCUT2D eigenvalue weighted by molar-refractivity contribution is 7.98. The summed E-state index contributed by atoms with van der Waals surface area (Å²) in [5, 5.41) is 10.8. The first-order valence-corrected chi connectivity index (χ1v) is 7.32. The molecule has 1 aromatic rings. The predicted molar refractivity (Wildman–Crippen MR) is 80.2 cm³/mol. The molecule has 0 aliphatic heterocycles. The lowest BCUT2D eigenvalue weighted by molar-refractivity contribution is -0.384. The van der Waals surface area contributed by atoms with Crippen molar-refractivity contribution in [1.82, 2.24) is 4.90 Å². The molecule has 19 heavy (non-hydrogen) atoms. The van der Waals surface area contributed by atoms with Gasteiger partial charge in [0, 0.05) is 24.4 Å². The Morgan fingerprint density at radius 3 is 2.79 bits per heavy atom. The zero-order valence-electron chi connectivity index (χ0n) is 11.4. The van der Waals surface area contributed by atoms with Crippen LogP contribution in [0.4, 0.5) is 11.4 Å². The second-order valence-electron chi connectivity index (χ2n) is 4.47. The van der Waals surface area contributed by atoms with Gasteiger partial charge in [0.05, 0.1) is 4.92 Å². The Bertz CT molecular complexity index is 442. The van der Waals surface area contributed by atoms with Gasteiger partial charge in [0.15, 0.2) is 0 Å². The maximum absolute atomic E-state index is 10.8. The molecule has 0 aliphatic rings. The number of hydrogen-bond donors (Lipinski definition) is 2. The molecule has 7 heteroatoms. The minimum Gasteiger partial charge on any atom is -0.318 e. The van der Waals surface area contributed by atoms with Gasteiger partial charge < -0.3 is 5.43 Å². The summed E-state index contributed by atoms with van der Waals surface area (Å²) in [6.45, 7) is 2.89. The third-order valence-electron chi connectivity index (χ3n) is 3.01. The van der Waals surface area contributed by atoms with E-state index in [1.54, 1.807) is 23.9 Å². The predicted octanol–water partition coefficient (Wildman–Crippen LogP) is 2.06. The second-order valence-corrected chi connectivity index (χ2v) is 5.38. The minimum absolute atomic E-state index is 0.00827. The largest absolute Gasteiger partial charge is 0.318 e. The number of nitrogens with one attached hydrogen (secondary N) is 1. The van der Waals surface area contributed by atoms with Crippen molar-refractivity contribution in [2.24, 2.45) is 5.84 Å². The highest BCUT2D eigenvalue weighted by atomic mass is 32.2.